The van der Waals surface area contributed by atoms with Crippen LogP contribution in [0.3, 0.4) is 0 Å². The van der Waals surface area contributed by atoms with Gasteiger partial charge in [-0.1, -0.05) is 12.1 Å². The Hall–Kier alpha value is -2.82. The average Bonchev–Trinajstić information content (AvgIpc) is 3.32. The van der Waals surface area contributed by atoms with E-state index >= 15 is 0 Å². The Morgan fingerprint density at radius 1 is 1.20 bits per heavy atom. The smallest absolute Gasteiger partial charge is 0.252 e. The van der Waals surface area contributed by atoms with Crippen molar-refractivity contribution in [1.29, 1.82) is 5.26 Å². The van der Waals surface area contributed by atoms with Gasteiger partial charge in [0.25, 0.3) is 5.91 Å². The van der Waals surface area contributed by atoms with Crippen molar-refractivity contribution in [3.63, 3.8) is 0 Å². The largest absolute Gasteiger partial charge is 0.371 e. The third-order valence-corrected chi connectivity index (χ3v) is 6.92. The fourth-order valence-electron chi connectivity index (χ4n) is 3.53. The Labute approximate surface area is 184 Å². The highest BCUT2D eigenvalue weighted by atomic mass is 32.2. The summed E-state index contributed by atoms with van der Waals surface area (Å²) >= 11 is 3.23. The molecule has 2 heterocycles. The van der Waals surface area contributed by atoms with Crippen molar-refractivity contribution < 1.29 is 4.79 Å². The lowest BCUT2D eigenvalue weighted by atomic mass is 10.0. The quantitative estimate of drug-likeness (QED) is 0.569. The molecule has 4 rings (SSSR count). The van der Waals surface area contributed by atoms with Crippen LogP contribution >= 0.6 is 23.1 Å². The minimum absolute atomic E-state index is 0.00630. The molecule has 1 aliphatic heterocycles. The molecule has 0 atom stereocenters. The van der Waals surface area contributed by atoms with Crippen LogP contribution in [-0.4, -0.2) is 30.0 Å². The molecule has 1 aromatic heterocycles. The first kappa shape index (κ1) is 20.5. The van der Waals surface area contributed by atoms with Crippen molar-refractivity contribution in [1.82, 2.24) is 10.3 Å². The summed E-state index contributed by atoms with van der Waals surface area (Å²) in [4.78, 5) is 20.5. The number of amides is 1. The van der Waals surface area contributed by atoms with E-state index in [0.717, 1.165) is 53.5 Å². The van der Waals surface area contributed by atoms with E-state index in [4.69, 9.17) is 5.26 Å². The average molecular weight is 435 g/mol. The van der Waals surface area contributed by atoms with Gasteiger partial charge in [0.05, 0.1) is 28.4 Å². The van der Waals surface area contributed by atoms with Crippen LogP contribution in [0.25, 0.3) is 0 Å². The molecule has 3 aromatic rings. The molecule has 1 N–H and O–H groups in total. The van der Waals surface area contributed by atoms with Gasteiger partial charge in [0, 0.05) is 40.8 Å². The van der Waals surface area contributed by atoms with E-state index in [1.807, 2.05) is 59.4 Å². The van der Waals surface area contributed by atoms with E-state index in [2.05, 4.69) is 21.3 Å². The number of nitriles is 1. The van der Waals surface area contributed by atoms with Gasteiger partial charge in [0.2, 0.25) is 0 Å². The van der Waals surface area contributed by atoms with Crippen LogP contribution in [0.2, 0.25) is 0 Å². The summed E-state index contributed by atoms with van der Waals surface area (Å²) in [6, 6.07) is 17.8. The summed E-state index contributed by atoms with van der Waals surface area (Å²) in [7, 11) is 0. The third-order valence-electron chi connectivity index (χ3n) is 5.18. The van der Waals surface area contributed by atoms with Gasteiger partial charge in [-0.15, -0.1) is 23.1 Å². The lowest BCUT2D eigenvalue weighted by Crippen LogP contribution is -2.44. The number of nitrogens with zero attached hydrogens (tertiary/aromatic N) is 3. The van der Waals surface area contributed by atoms with Gasteiger partial charge >= 0.3 is 0 Å². The first-order valence-corrected chi connectivity index (χ1v) is 11.8. The van der Waals surface area contributed by atoms with Crippen LogP contribution in [-0.2, 0) is 5.75 Å². The van der Waals surface area contributed by atoms with Crippen molar-refractivity contribution in [2.75, 3.05) is 18.0 Å². The molecule has 1 aliphatic rings. The highest BCUT2D eigenvalue weighted by Gasteiger charge is 2.22. The minimum Gasteiger partial charge on any atom is -0.371 e. The summed E-state index contributed by atoms with van der Waals surface area (Å²) < 4.78 is 0. The van der Waals surface area contributed by atoms with Crippen LogP contribution in [0.15, 0.2) is 64.3 Å². The number of thiazole rings is 1. The summed E-state index contributed by atoms with van der Waals surface area (Å²) in [6.07, 6.45) is 1.81. The minimum atomic E-state index is -0.00630. The number of anilines is 1. The Bertz CT molecular complexity index is 1020. The maximum Gasteiger partial charge on any atom is 0.252 e. The number of aromatic nitrogens is 1. The van der Waals surface area contributed by atoms with Crippen molar-refractivity contribution in [2.24, 2.45) is 0 Å². The molecule has 0 saturated carbocycles. The molecule has 7 heteroatoms. The van der Waals surface area contributed by atoms with Crippen LogP contribution in [0, 0.1) is 11.3 Å². The summed E-state index contributed by atoms with van der Waals surface area (Å²) in [5.41, 5.74) is 5.40. The molecule has 0 unspecified atom stereocenters. The number of benzene rings is 2. The monoisotopic (exact) mass is 434 g/mol. The van der Waals surface area contributed by atoms with Gasteiger partial charge in [-0.2, -0.15) is 5.26 Å². The lowest BCUT2D eigenvalue weighted by Gasteiger charge is -2.34. The molecular formula is C23H22N4OS2. The topological polar surface area (TPSA) is 69.0 Å². The zero-order valence-corrected chi connectivity index (χ0v) is 18.1. The number of piperidine rings is 1. The van der Waals surface area contributed by atoms with E-state index < -0.39 is 0 Å². The maximum atomic E-state index is 12.9. The van der Waals surface area contributed by atoms with E-state index in [9.17, 15) is 4.79 Å². The van der Waals surface area contributed by atoms with Crippen molar-refractivity contribution in [3.05, 3.63) is 76.2 Å². The molecule has 30 heavy (non-hydrogen) atoms. The van der Waals surface area contributed by atoms with Crippen LogP contribution in [0.5, 0.6) is 0 Å². The molecule has 0 bridgehead atoms. The number of hydrogen-bond donors (Lipinski definition) is 1. The Kier molecular flexibility index (Phi) is 6.67. The van der Waals surface area contributed by atoms with Gasteiger partial charge in [-0.3, -0.25) is 4.79 Å². The predicted molar refractivity (Wildman–Crippen MR) is 122 cm³/mol. The normalized spacial score (nSPS) is 14.3. The molecule has 0 aliphatic carbocycles. The van der Waals surface area contributed by atoms with E-state index in [-0.39, 0.29) is 11.9 Å². The van der Waals surface area contributed by atoms with Gasteiger partial charge in [0.1, 0.15) is 0 Å². The predicted octanol–water partition coefficient (Wildman–Crippen LogP) is 4.71. The molecule has 5 nitrogen and oxygen atoms in total. The first-order valence-electron chi connectivity index (χ1n) is 9.88. The van der Waals surface area contributed by atoms with E-state index in [1.165, 1.54) is 0 Å². The van der Waals surface area contributed by atoms with Gasteiger partial charge < -0.3 is 10.2 Å². The number of carbonyl (C=O) groups is 1. The van der Waals surface area contributed by atoms with Crippen molar-refractivity contribution in [2.45, 2.75) is 29.5 Å². The SMILES string of the molecule is N#Cc1ccc(N2CCC(NC(=O)c3ccccc3SCc3cscn3)CC2)cc1. The van der Waals surface area contributed by atoms with Gasteiger partial charge in [0.15, 0.2) is 0 Å². The molecule has 1 saturated heterocycles. The standard InChI is InChI=1S/C23H22N4OS2/c24-13-17-5-7-20(8-6-17)27-11-9-18(10-12-27)26-23(28)21-3-1-2-4-22(21)30-15-19-14-29-16-25-19/h1-8,14,16,18H,9-12,15H2,(H,26,28). The van der Waals surface area contributed by atoms with Gasteiger partial charge in [-0.05, 0) is 49.2 Å². The summed E-state index contributed by atoms with van der Waals surface area (Å²) in [6.45, 7) is 1.77. The molecule has 0 spiro atoms. The molecular weight excluding hydrogens is 412 g/mol. The van der Waals surface area contributed by atoms with E-state index in [0.29, 0.717) is 5.56 Å². The Morgan fingerprint density at radius 2 is 1.97 bits per heavy atom. The Morgan fingerprint density at radius 3 is 2.67 bits per heavy atom. The number of rotatable bonds is 6. The zero-order valence-electron chi connectivity index (χ0n) is 16.5. The maximum absolute atomic E-state index is 12.9. The molecule has 1 fully saturated rings. The molecule has 2 aromatic carbocycles. The van der Waals surface area contributed by atoms with Crippen molar-refractivity contribution in [3.8, 4) is 6.07 Å². The highest BCUT2D eigenvalue weighted by molar-refractivity contribution is 7.98. The first-order chi connectivity index (χ1) is 14.7. The summed E-state index contributed by atoms with van der Waals surface area (Å²) in [5.74, 6) is 0.754. The molecule has 152 valence electrons. The third kappa shape index (κ3) is 5.02. The van der Waals surface area contributed by atoms with Crippen LogP contribution < -0.4 is 10.2 Å². The number of hydrogen-bond acceptors (Lipinski definition) is 6. The number of nitrogens with one attached hydrogen (secondary N) is 1. The Balaban J connectivity index is 1.33. The fourth-order valence-corrected chi connectivity index (χ4v) is 5.15. The van der Waals surface area contributed by atoms with Gasteiger partial charge in [-0.25, -0.2) is 4.98 Å². The molecule has 0 radical (unpaired) electrons. The molecule has 1 amide bonds. The number of thioether (sulfide) groups is 1. The highest BCUT2D eigenvalue weighted by Crippen LogP contribution is 2.27. The van der Waals surface area contributed by atoms with Crippen molar-refractivity contribution >= 4 is 34.7 Å². The van der Waals surface area contributed by atoms with E-state index in [1.54, 1.807) is 23.1 Å². The number of carbonyl (C=O) groups excluding carboxylic acids is 1. The second-order valence-corrected chi connectivity index (χ2v) is 8.89. The van der Waals surface area contributed by atoms with Crippen LogP contribution in [0.1, 0.15) is 34.5 Å². The fraction of sp³-hybridized carbons (Fsp3) is 0.261. The second kappa shape index (κ2) is 9.79. The second-order valence-electron chi connectivity index (χ2n) is 7.16. The zero-order chi connectivity index (χ0) is 20.8. The van der Waals surface area contributed by atoms with Crippen LogP contribution in [0.4, 0.5) is 5.69 Å². The lowest BCUT2D eigenvalue weighted by molar-refractivity contribution is 0.0928. The summed E-state index contributed by atoms with van der Waals surface area (Å²) in [5, 5.41) is 14.2.